The van der Waals surface area contributed by atoms with Crippen molar-refractivity contribution in [3.05, 3.63) is 24.3 Å². The average molecular weight is 344 g/mol. The van der Waals surface area contributed by atoms with Crippen LogP contribution in [0.4, 0.5) is 11.4 Å². The Hall–Kier alpha value is -1.92. The van der Waals surface area contributed by atoms with Crippen molar-refractivity contribution in [2.75, 3.05) is 50.0 Å². The van der Waals surface area contributed by atoms with E-state index < -0.39 is 0 Å². The van der Waals surface area contributed by atoms with E-state index in [1.54, 1.807) is 0 Å². The van der Waals surface area contributed by atoms with Crippen LogP contribution in [0.25, 0.3) is 0 Å². The van der Waals surface area contributed by atoms with E-state index in [4.69, 9.17) is 0 Å². The lowest BCUT2D eigenvalue weighted by Crippen LogP contribution is -2.36. The molecule has 0 bridgehead atoms. The van der Waals surface area contributed by atoms with Crippen LogP contribution in [0.1, 0.15) is 26.2 Å². The van der Waals surface area contributed by atoms with Gasteiger partial charge >= 0.3 is 0 Å². The molecule has 3 rings (SSSR count). The number of anilines is 2. The zero-order valence-corrected chi connectivity index (χ0v) is 15.2. The maximum absolute atomic E-state index is 12.4. The quantitative estimate of drug-likeness (QED) is 0.905. The maximum Gasteiger partial charge on any atom is 0.238 e. The van der Waals surface area contributed by atoms with Gasteiger partial charge in [0.15, 0.2) is 0 Å². The number of likely N-dealkylation sites (N-methyl/N-ethyl adjacent to an activating group) is 1. The lowest BCUT2D eigenvalue weighted by molar-refractivity contribution is -0.118. The number of hydrogen-bond donors (Lipinski definition) is 1. The summed E-state index contributed by atoms with van der Waals surface area (Å²) in [6, 6.07) is 7.81. The fourth-order valence-corrected chi connectivity index (χ4v) is 3.62. The Morgan fingerprint density at radius 2 is 2.08 bits per heavy atom. The van der Waals surface area contributed by atoms with Crippen LogP contribution in [0, 0.1) is 0 Å². The molecule has 1 aromatic rings. The minimum absolute atomic E-state index is 0.00231. The smallest absolute Gasteiger partial charge is 0.238 e. The Morgan fingerprint density at radius 3 is 2.84 bits per heavy atom. The van der Waals surface area contributed by atoms with Crippen LogP contribution in [-0.2, 0) is 9.59 Å². The van der Waals surface area contributed by atoms with Crippen LogP contribution in [0.2, 0.25) is 0 Å². The van der Waals surface area contributed by atoms with Gasteiger partial charge in [-0.25, -0.2) is 0 Å². The van der Waals surface area contributed by atoms with Gasteiger partial charge < -0.3 is 15.1 Å². The minimum atomic E-state index is 0.00231. The van der Waals surface area contributed by atoms with Gasteiger partial charge in [0.25, 0.3) is 0 Å². The van der Waals surface area contributed by atoms with Crippen LogP contribution in [0.5, 0.6) is 0 Å². The molecule has 0 aliphatic carbocycles. The molecule has 2 aliphatic heterocycles. The van der Waals surface area contributed by atoms with Gasteiger partial charge in [-0.2, -0.15) is 0 Å². The molecule has 0 saturated carbocycles. The van der Waals surface area contributed by atoms with Crippen molar-refractivity contribution in [3.63, 3.8) is 0 Å². The van der Waals surface area contributed by atoms with Gasteiger partial charge in [-0.15, -0.1) is 0 Å². The van der Waals surface area contributed by atoms with E-state index >= 15 is 0 Å². The van der Waals surface area contributed by atoms with Gasteiger partial charge in [0.05, 0.1) is 6.54 Å². The van der Waals surface area contributed by atoms with Crippen molar-refractivity contribution >= 4 is 23.2 Å². The fourth-order valence-electron chi connectivity index (χ4n) is 3.62. The summed E-state index contributed by atoms with van der Waals surface area (Å²) in [6.45, 7) is 6.44. The predicted octanol–water partition coefficient (Wildman–Crippen LogP) is 1.78. The normalized spacial score (nSPS) is 22.9. The standard InChI is InChI=1S/C19H28N4O2/c1-15-7-8-19(25)23(15)17-6-3-5-16(13-17)20-18(24)14-22-10-4-9-21(2)11-12-22/h3,5-6,13,15H,4,7-12,14H2,1-2H3,(H,20,24). The maximum atomic E-state index is 12.4. The highest BCUT2D eigenvalue weighted by Crippen LogP contribution is 2.28. The highest BCUT2D eigenvalue weighted by molar-refractivity contribution is 5.97. The average Bonchev–Trinajstić information content (AvgIpc) is 2.77. The summed E-state index contributed by atoms with van der Waals surface area (Å²) in [4.78, 5) is 30.8. The molecule has 0 aromatic heterocycles. The number of hydrogen-bond acceptors (Lipinski definition) is 4. The van der Waals surface area contributed by atoms with E-state index in [-0.39, 0.29) is 17.9 Å². The van der Waals surface area contributed by atoms with E-state index in [0.717, 1.165) is 50.4 Å². The molecule has 1 atom stereocenters. The number of nitrogens with one attached hydrogen (secondary N) is 1. The molecular weight excluding hydrogens is 316 g/mol. The van der Waals surface area contributed by atoms with Crippen molar-refractivity contribution in [1.82, 2.24) is 9.80 Å². The van der Waals surface area contributed by atoms with Crippen LogP contribution in [0.3, 0.4) is 0 Å². The molecule has 1 N–H and O–H groups in total. The highest BCUT2D eigenvalue weighted by Gasteiger charge is 2.28. The van der Waals surface area contributed by atoms with Crippen LogP contribution in [-0.4, -0.2) is 67.4 Å². The zero-order chi connectivity index (χ0) is 17.8. The van der Waals surface area contributed by atoms with E-state index in [1.807, 2.05) is 29.2 Å². The third kappa shape index (κ3) is 4.58. The predicted molar refractivity (Wildman–Crippen MR) is 99.8 cm³/mol. The van der Waals surface area contributed by atoms with Crippen molar-refractivity contribution < 1.29 is 9.59 Å². The zero-order valence-electron chi connectivity index (χ0n) is 15.2. The van der Waals surface area contributed by atoms with E-state index in [0.29, 0.717) is 13.0 Å². The molecule has 2 heterocycles. The van der Waals surface area contributed by atoms with Gasteiger partial charge in [-0.3, -0.25) is 14.5 Å². The fraction of sp³-hybridized carbons (Fsp3) is 0.579. The summed E-state index contributed by atoms with van der Waals surface area (Å²) in [6.07, 6.45) is 2.58. The molecule has 2 fully saturated rings. The number of amides is 2. The van der Waals surface area contributed by atoms with Crippen molar-refractivity contribution in [2.45, 2.75) is 32.2 Å². The molecule has 1 aromatic carbocycles. The first-order valence-electron chi connectivity index (χ1n) is 9.16. The largest absolute Gasteiger partial charge is 0.325 e. The molecule has 0 spiro atoms. The van der Waals surface area contributed by atoms with E-state index in [1.165, 1.54) is 0 Å². The molecule has 0 radical (unpaired) electrons. The van der Waals surface area contributed by atoms with Crippen molar-refractivity contribution in [1.29, 1.82) is 0 Å². The molecule has 25 heavy (non-hydrogen) atoms. The topological polar surface area (TPSA) is 55.9 Å². The van der Waals surface area contributed by atoms with Gasteiger partial charge in [-0.1, -0.05) is 6.07 Å². The summed E-state index contributed by atoms with van der Waals surface area (Å²) in [5.41, 5.74) is 1.62. The van der Waals surface area contributed by atoms with E-state index in [9.17, 15) is 9.59 Å². The highest BCUT2D eigenvalue weighted by atomic mass is 16.2. The summed E-state index contributed by atoms with van der Waals surface area (Å²) in [7, 11) is 2.12. The van der Waals surface area contributed by atoms with E-state index in [2.05, 4.69) is 29.1 Å². The van der Waals surface area contributed by atoms with Crippen LogP contribution < -0.4 is 10.2 Å². The summed E-state index contributed by atoms with van der Waals surface area (Å²) < 4.78 is 0. The second kappa shape index (κ2) is 7.97. The summed E-state index contributed by atoms with van der Waals surface area (Å²) in [5, 5.41) is 2.98. The van der Waals surface area contributed by atoms with Crippen molar-refractivity contribution in [3.8, 4) is 0 Å². The van der Waals surface area contributed by atoms with Gasteiger partial charge in [0, 0.05) is 36.9 Å². The number of rotatable bonds is 4. The Balaban J connectivity index is 1.60. The Bertz CT molecular complexity index is 634. The van der Waals surface area contributed by atoms with Gasteiger partial charge in [0.2, 0.25) is 11.8 Å². The van der Waals surface area contributed by atoms with Crippen LogP contribution in [0.15, 0.2) is 24.3 Å². The first-order valence-corrected chi connectivity index (χ1v) is 9.16. The number of nitrogens with zero attached hydrogens (tertiary/aromatic N) is 3. The summed E-state index contributed by atoms with van der Waals surface area (Å²) >= 11 is 0. The Labute approximate surface area is 149 Å². The molecule has 2 amide bonds. The second-order valence-corrected chi connectivity index (χ2v) is 7.18. The molecule has 6 nitrogen and oxygen atoms in total. The molecule has 2 saturated heterocycles. The first kappa shape index (κ1) is 17.9. The van der Waals surface area contributed by atoms with Crippen molar-refractivity contribution in [2.24, 2.45) is 0 Å². The third-order valence-corrected chi connectivity index (χ3v) is 5.07. The van der Waals surface area contributed by atoms with Crippen LogP contribution >= 0.6 is 0 Å². The lowest BCUT2D eigenvalue weighted by Gasteiger charge is -2.23. The molecule has 136 valence electrons. The third-order valence-electron chi connectivity index (χ3n) is 5.07. The Morgan fingerprint density at radius 1 is 1.24 bits per heavy atom. The summed E-state index contributed by atoms with van der Waals surface area (Å²) in [5.74, 6) is 0.159. The molecule has 6 heteroatoms. The minimum Gasteiger partial charge on any atom is -0.325 e. The van der Waals surface area contributed by atoms with Gasteiger partial charge in [-0.05, 0) is 58.1 Å². The number of benzene rings is 1. The lowest BCUT2D eigenvalue weighted by atomic mass is 10.2. The van der Waals surface area contributed by atoms with Gasteiger partial charge in [0.1, 0.15) is 0 Å². The molecular formula is C19H28N4O2. The Kier molecular flexibility index (Phi) is 5.71. The number of carbonyl (C=O) groups is 2. The molecule has 2 aliphatic rings. The molecule has 1 unspecified atom stereocenters. The first-order chi connectivity index (χ1) is 12.0. The second-order valence-electron chi connectivity index (χ2n) is 7.18. The monoisotopic (exact) mass is 344 g/mol. The number of carbonyl (C=O) groups excluding carboxylic acids is 2. The SMILES string of the molecule is CC1CCC(=O)N1c1cccc(NC(=O)CN2CCCN(C)CC2)c1.